The largest absolute Gasteiger partial charge is 0.481 e. The molecule has 0 bridgehead atoms. The van der Waals surface area contributed by atoms with E-state index < -0.39 is 5.97 Å². The van der Waals surface area contributed by atoms with E-state index in [1.807, 2.05) is 13.1 Å². The number of hydrogen-bond acceptors (Lipinski definition) is 3. The van der Waals surface area contributed by atoms with Gasteiger partial charge in [-0.1, -0.05) is 6.42 Å². The van der Waals surface area contributed by atoms with Crippen LogP contribution in [-0.4, -0.2) is 33.9 Å². The SMILES string of the molecule is C[C@@H]1[C@@H](C(=O)O)CCCCN1c1cn[nH]c1. The molecule has 0 aromatic carbocycles. The highest BCUT2D eigenvalue weighted by atomic mass is 16.4. The number of hydrogen-bond donors (Lipinski definition) is 2. The van der Waals surface area contributed by atoms with Gasteiger partial charge in [0, 0.05) is 18.8 Å². The topological polar surface area (TPSA) is 69.2 Å². The van der Waals surface area contributed by atoms with Gasteiger partial charge in [-0.3, -0.25) is 9.89 Å². The Bertz CT molecular complexity index is 350. The van der Waals surface area contributed by atoms with Gasteiger partial charge in [-0.05, 0) is 19.8 Å². The summed E-state index contributed by atoms with van der Waals surface area (Å²) in [4.78, 5) is 13.3. The van der Waals surface area contributed by atoms with E-state index in [-0.39, 0.29) is 12.0 Å². The molecule has 5 heteroatoms. The van der Waals surface area contributed by atoms with E-state index in [1.165, 1.54) is 0 Å². The minimum Gasteiger partial charge on any atom is -0.481 e. The number of aliphatic carboxylic acids is 1. The van der Waals surface area contributed by atoms with Gasteiger partial charge in [0.25, 0.3) is 0 Å². The summed E-state index contributed by atoms with van der Waals surface area (Å²) in [7, 11) is 0. The Morgan fingerprint density at radius 2 is 2.44 bits per heavy atom. The highest BCUT2D eigenvalue weighted by Gasteiger charge is 2.31. The fraction of sp³-hybridized carbons (Fsp3) is 0.636. The molecule has 1 aromatic rings. The Labute approximate surface area is 94.5 Å². The minimum atomic E-state index is -0.692. The number of nitrogens with zero attached hydrogens (tertiary/aromatic N) is 2. The third-order valence-corrected chi connectivity index (χ3v) is 3.37. The van der Waals surface area contributed by atoms with Gasteiger partial charge in [-0.2, -0.15) is 5.10 Å². The van der Waals surface area contributed by atoms with Crippen LogP contribution in [0.1, 0.15) is 26.2 Å². The molecule has 1 aliphatic heterocycles. The van der Waals surface area contributed by atoms with Crippen molar-refractivity contribution in [1.29, 1.82) is 0 Å². The fourth-order valence-electron chi connectivity index (χ4n) is 2.40. The molecule has 5 nitrogen and oxygen atoms in total. The Hall–Kier alpha value is -1.52. The van der Waals surface area contributed by atoms with Crippen molar-refractivity contribution in [2.75, 3.05) is 11.4 Å². The number of anilines is 1. The molecule has 0 aliphatic carbocycles. The molecule has 1 aliphatic rings. The van der Waals surface area contributed by atoms with Crippen LogP contribution in [0.2, 0.25) is 0 Å². The van der Waals surface area contributed by atoms with Crippen LogP contribution in [0.3, 0.4) is 0 Å². The van der Waals surface area contributed by atoms with Crippen molar-refractivity contribution in [1.82, 2.24) is 10.2 Å². The van der Waals surface area contributed by atoms with Gasteiger partial charge in [0.2, 0.25) is 0 Å². The van der Waals surface area contributed by atoms with Crippen LogP contribution in [0.15, 0.2) is 12.4 Å². The number of carboxylic acids is 1. The molecule has 88 valence electrons. The highest BCUT2D eigenvalue weighted by Crippen LogP contribution is 2.27. The predicted octanol–water partition coefficient (Wildman–Crippen LogP) is 1.49. The molecular weight excluding hydrogens is 206 g/mol. The zero-order valence-corrected chi connectivity index (χ0v) is 9.39. The number of nitrogens with one attached hydrogen (secondary N) is 1. The first-order chi connectivity index (χ1) is 7.70. The lowest BCUT2D eigenvalue weighted by Gasteiger charge is -2.31. The quantitative estimate of drug-likeness (QED) is 0.797. The summed E-state index contributed by atoms with van der Waals surface area (Å²) in [6, 6.07) is 0.0256. The molecule has 2 rings (SSSR count). The van der Waals surface area contributed by atoms with Gasteiger partial charge >= 0.3 is 5.97 Å². The van der Waals surface area contributed by atoms with Crippen LogP contribution in [0.25, 0.3) is 0 Å². The molecule has 0 saturated carbocycles. The second kappa shape index (κ2) is 4.55. The zero-order chi connectivity index (χ0) is 11.5. The molecule has 2 atom stereocenters. The van der Waals surface area contributed by atoms with E-state index in [0.717, 1.165) is 31.5 Å². The molecule has 1 saturated heterocycles. The van der Waals surface area contributed by atoms with Crippen molar-refractivity contribution in [3.8, 4) is 0 Å². The van der Waals surface area contributed by atoms with Crippen molar-refractivity contribution in [2.45, 2.75) is 32.2 Å². The number of aromatic amines is 1. The third-order valence-electron chi connectivity index (χ3n) is 3.37. The predicted molar refractivity (Wildman–Crippen MR) is 60.4 cm³/mol. The molecule has 0 unspecified atom stereocenters. The first-order valence-corrected chi connectivity index (χ1v) is 5.68. The van der Waals surface area contributed by atoms with Crippen LogP contribution < -0.4 is 4.90 Å². The summed E-state index contributed by atoms with van der Waals surface area (Å²) in [5.41, 5.74) is 0.987. The molecule has 1 aromatic heterocycles. The Kier molecular flexibility index (Phi) is 3.12. The maximum atomic E-state index is 11.2. The first kappa shape index (κ1) is 11.0. The first-order valence-electron chi connectivity index (χ1n) is 5.68. The Morgan fingerprint density at radius 1 is 1.62 bits per heavy atom. The van der Waals surface area contributed by atoms with Crippen LogP contribution in [0, 0.1) is 5.92 Å². The van der Waals surface area contributed by atoms with Gasteiger partial charge in [-0.25, -0.2) is 0 Å². The van der Waals surface area contributed by atoms with Crippen molar-refractivity contribution >= 4 is 11.7 Å². The van der Waals surface area contributed by atoms with E-state index >= 15 is 0 Å². The van der Waals surface area contributed by atoms with Gasteiger partial charge in [0.1, 0.15) is 0 Å². The normalized spacial score (nSPS) is 26.4. The fourth-order valence-corrected chi connectivity index (χ4v) is 2.40. The average Bonchev–Trinajstić information content (AvgIpc) is 2.69. The Morgan fingerprint density at radius 3 is 3.06 bits per heavy atom. The summed E-state index contributed by atoms with van der Waals surface area (Å²) in [6.45, 7) is 2.89. The smallest absolute Gasteiger partial charge is 0.308 e. The maximum Gasteiger partial charge on any atom is 0.308 e. The number of rotatable bonds is 2. The lowest BCUT2D eigenvalue weighted by Crippen LogP contribution is -2.40. The lowest BCUT2D eigenvalue weighted by molar-refractivity contribution is -0.142. The van der Waals surface area contributed by atoms with E-state index in [2.05, 4.69) is 15.1 Å². The Balaban J connectivity index is 2.20. The standard InChI is InChI=1S/C11H17N3O2/c1-8-10(11(15)16)4-2-3-5-14(8)9-6-12-13-7-9/h6-8,10H,2-5H2,1H3,(H,12,13)(H,15,16)/t8-,10+/m1/s1. The van der Waals surface area contributed by atoms with Crippen LogP contribution in [0.5, 0.6) is 0 Å². The monoisotopic (exact) mass is 223 g/mol. The molecule has 0 spiro atoms. The number of H-pyrrole nitrogens is 1. The second-order valence-electron chi connectivity index (χ2n) is 4.33. The molecular formula is C11H17N3O2. The molecule has 0 amide bonds. The van der Waals surface area contributed by atoms with Crippen molar-refractivity contribution < 1.29 is 9.90 Å². The van der Waals surface area contributed by atoms with Crippen molar-refractivity contribution in [3.63, 3.8) is 0 Å². The maximum absolute atomic E-state index is 11.2. The number of aromatic nitrogens is 2. The van der Waals surface area contributed by atoms with E-state index in [0.29, 0.717) is 0 Å². The summed E-state index contributed by atoms with van der Waals surface area (Å²) < 4.78 is 0. The van der Waals surface area contributed by atoms with Gasteiger partial charge in [0.15, 0.2) is 0 Å². The van der Waals surface area contributed by atoms with E-state index in [4.69, 9.17) is 0 Å². The number of carboxylic acid groups (broad SMARTS) is 1. The summed E-state index contributed by atoms with van der Waals surface area (Å²) in [5, 5.41) is 15.9. The third kappa shape index (κ3) is 2.03. The minimum absolute atomic E-state index is 0.0256. The van der Waals surface area contributed by atoms with Crippen molar-refractivity contribution in [3.05, 3.63) is 12.4 Å². The summed E-state index contributed by atoms with van der Waals surface area (Å²) in [5.74, 6) is -0.972. The summed E-state index contributed by atoms with van der Waals surface area (Å²) >= 11 is 0. The molecule has 16 heavy (non-hydrogen) atoms. The molecule has 2 N–H and O–H groups in total. The van der Waals surface area contributed by atoms with Gasteiger partial charge in [-0.15, -0.1) is 0 Å². The van der Waals surface area contributed by atoms with Crippen LogP contribution in [0.4, 0.5) is 5.69 Å². The molecule has 0 radical (unpaired) electrons. The van der Waals surface area contributed by atoms with Gasteiger partial charge in [0.05, 0.1) is 17.8 Å². The van der Waals surface area contributed by atoms with Crippen molar-refractivity contribution in [2.24, 2.45) is 5.92 Å². The zero-order valence-electron chi connectivity index (χ0n) is 9.39. The van der Waals surface area contributed by atoms with Crippen LogP contribution >= 0.6 is 0 Å². The molecule has 2 heterocycles. The average molecular weight is 223 g/mol. The second-order valence-corrected chi connectivity index (χ2v) is 4.33. The van der Waals surface area contributed by atoms with Crippen LogP contribution in [-0.2, 0) is 4.79 Å². The number of carbonyl (C=O) groups is 1. The molecule has 1 fully saturated rings. The van der Waals surface area contributed by atoms with E-state index in [1.54, 1.807) is 6.20 Å². The summed E-state index contributed by atoms with van der Waals surface area (Å²) in [6.07, 6.45) is 6.36. The van der Waals surface area contributed by atoms with Gasteiger partial charge < -0.3 is 10.0 Å². The lowest BCUT2D eigenvalue weighted by atomic mass is 9.96. The highest BCUT2D eigenvalue weighted by molar-refractivity contribution is 5.72. The van der Waals surface area contributed by atoms with E-state index in [9.17, 15) is 9.90 Å².